The second-order valence-electron chi connectivity index (χ2n) is 4.20. The molecule has 1 atom stereocenters. The van der Waals surface area contributed by atoms with Gasteiger partial charge in [0.2, 0.25) is 5.89 Å². The Kier molecular flexibility index (Phi) is 3.48. The largest absolute Gasteiger partial charge is 0.420 e. The molecule has 0 aliphatic carbocycles. The number of aromatic nitrogens is 4. The van der Waals surface area contributed by atoms with Crippen LogP contribution in [0.2, 0.25) is 0 Å². The summed E-state index contributed by atoms with van der Waals surface area (Å²) in [7, 11) is 0. The molecule has 3 aromatic heterocycles. The fourth-order valence-electron chi connectivity index (χ4n) is 1.73. The molecule has 0 saturated carbocycles. The van der Waals surface area contributed by atoms with Crippen LogP contribution >= 0.6 is 27.3 Å². The molecule has 5 nitrogen and oxygen atoms in total. The molecule has 0 aromatic carbocycles. The van der Waals surface area contributed by atoms with E-state index in [1.54, 1.807) is 17.5 Å². The van der Waals surface area contributed by atoms with Crippen LogP contribution in [0.4, 0.5) is 0 Å². The zero-order chi connectivity index (χ0) is 13.2. The summed E-state index contributed by atoms with van der Waals surface area (Å²) in [5.41, 5.74) is 0. The van der Waals surface area contributed by atoms with Gasteiger partial charge in [-0.05, 0) is 27.4 Å². The van der Waals surface area contributed by atoms with Crippen LogP contribution in [0.3, 0.4) is 0 Å². The maximum absolute atomic E-state index is 5.70. The Morgan fingerprint density at radius 2 is 2.37 bits per heavy atom. The summed E-state index contributed by atoms with van der Waals surface area (Å²) in [5.74, 6) is 1.33. The van der Waals surface area contributed by atoms with Crippen LogP contribution in [0.1, 0.15) is 18.7 Å². The minimum atomic E-state index is 0.119. The minimum Gasteiger partial charge on any atom is -0.420 e. The monoisotopic (exact) mass is 338 g/mol. The maximum Gasteiger partial charge on any atom is 0.257 e. The molecule has 0 aliphatic rings. The predicted octanol–water partition coefficient (Wildman–Crippen LogP) is 3.56. The highest BCUT2D eigenvalue weighted by Crippen LogP contribution is 2.25. The molecule has 0 bridgehead atoms. The first-order valence-electron chi connectivity index (χ1n) is 5.77. The van der Waals surface area contributed by atoms with Crippen molar-refractivity contribution >= 4 is 27.3 Å². The van der Waals surface area contributed by atoms with Gasteiger partial charge in [-0.2, -0.15) is 5.10 Å². The van der Waals surface area contributed by atoms with E-state index in [0.717, 1.165) is 9.35 Å². The lowest BCUT2D eigenvalue weighted by molar-refractivity contribution is 0.424. The molecule has 0 fully saturated rings. The minimum absolute atomic E-state index is 0.119. The molecule has 3 aromatic rings. The topological polar surface area (TPSA) is 56.7 Å². The first kappa shape index (κ1) is 12.6. The summed E-state index contributed by atoms with van der Waals surface area (Å²) in [6.07, 6.45) is 3.69. The van der Waals surface area contributed by atoms with Gasteiger partial charge in [0, 0.05) is 6.20 Å². The highest BCUT2D eigenvalue weighted by molar-refractivity contribution is 9.10. The predicted molar refractivity (Wildman–Crippen MR) is 76.0 cm³/mol. The lowest BCUT2D eigenvalue weighted by atomic mass is 10.2. The van der Waals surface area contributed by atoms with Crippen LogP contribution in [-0.2, 0) is 6.54 Å². The molecule has 0 aliphatic heterocycles. The van der Waals surface area contributed by atoms with Crippen molar-refractivity contribution in [1.29, 1.82) is 0 Å². The van der Waals surface area contributed by atoms with E-state index in [0.29, 0.717) is 18.3 Å². The van der Waals surface area contributed by atoms with Crippen LogP contribution in [0.15, 0.2) is 38.8 Å². The molecule has 0 amide bonds. The molecular weight excluding hydrogens is 328 g/mol. The number of nitrogens with zero attached hydrogens (tertiary/aromatic N) is 4. The molecule has 0 radical (unpaired) electrons. The second kappa shape index (κ2) is 5.26. The Balaban J connectivity index is 1.75. The Morgan fingerprint density at radius 1 is 1.47 bits per heavy atom. The van der Waals surface area contributed by atoms with Gasteiger partial charge in [0.05, 0.1) is 28.0 Å². The number of hydrogen-bond acceptors (Lipinski definition) is 5. The quantitative estimate of drug-likeness (QED) is 0.729. The Bertz CT molecular complexity index is 661. The van der Waals surface area contributed by atoms with Gasteiger partial charge in [0.1, 0.15) is 0 Å². The van der Waals surface area contributed by atoms with Crippen molar-refractivity contribution in [1.82, 2.24) is 20.0 Å². The Labute approximate surface area is 122 Å². The van der Waals surface area contributed by atoms with Gasteiger partial charge in [0.15, 0.2) is 0 Å². The van der Waals surface area contributed by atoms with Gasteiger partial charge in [-0.25, -0.2) is 0 Å². The SMILES string of the molecule is CC(Cn1cc(Br)cn1)c1nnc(-c2cccs2)o1. The van der Waals surface area contributed by atoms with Crippen molar-refractivity contribution in [2.75, 3.05) is 0 Å². The Morgan fingerprint density at radius 3 is 3.05 bits per heavy atom. The van der Waals surface area contributed by atoms with Crippen molar-refractivity contribution in [3.63, 3.8) is 0 Å². The normalized spacial score (nSPS) is 12.7. The number of thiophene rings is 1. The van der Waals surface area contributed by atoms with E-state index in [4.69, 9.17) is 4.42 Å². The smallest absolute Gasteiger partial charge is 0.257 e. The lowest BCUT2D eigenvalue weighted by Gasteiger charge is -2.06. The van der Waals surface area contributed by atoms with Crippen molar-refractivity contribution in [3.8, 4) is 10.8 Å². The molecule has 7 heteroatoms. The molecule has 1 unspecified atom stereocenters. The zero-order valence-corrected chi connectivity index (χ0v) is 12.6. The zero-order valence-electron chi connectivity index (χ0n) is 10.2. The highest BCUT2D eigenvalue weighted by atomic mass is 79.9. The van der Waals surface area contributed by atoms with E-state index in [1.807, 2.05) is 35.3 Å². The summed E-state index contributed by atoms with van der Waals surface area (Å²) in [6.45, 7) is 2.75. The summed E-state index contributed by atoms with van der Waals surface area (Å²) >= 11 is 4.96. The maximum atomic E-state index is 5.70. The van der Waals surface area contributed by atoms with E-state index < -0.39 is 0 Å². The van der Waals surface area contributed by atoms with Crippen molar-refractivity contribution in [2.45, 2.75) is 19.4 Å². The van der Waals surface area contributed by atoms with E-state index in [1.165, 1.54) is 0 Å². The van der Waals surface area contributed by atoms with Gasteiger partial charge in [0.25, 0.3) is 5.89 Å². The van der Waals surface area contributed by atoms with Crippen LogP contribution in [0.25, 0.3) is 10.8 Å². The molecule has 3 rings (SSSR count). The van der Waals surface area contributed by atoms with Crippen molar-refractivity contribution in [3.05, 3.63) is 40.3 Å². The third-order valence-corrected chi connectivity index (χ3v) is 3.92. The molecular formula is C12H11BrN4OS. The van der Waals surface area contributed by atoms with Gasteiger partial charge in [-0.15, -0.1) is 21.5 Å². The second-order valence-corrected chi connectivity index (χ2v) is 6.07. The van der Waals surface area contributed by atoms with Crippen molar-refractivity contribution < 1.29 is 4.42 Å². The fraction of sp³-hybridized carbons (Fsp3) is 0.250. The standard InChI is InChI=1S/C12H11BrN4OS/c1-8(6-17-7-9(13)5-14-17)11-15-16-12(18-11)10-3-2-4-19-10/h2-5,7-8H,6H2,1H3. The van der Waals surface area contributed by atoms with E-state index in [9.17, 15) is 0 Å². The van der Waals surface area contributed by atoms with Crippen LogP contribution in [0.5, 0.6) is 0 Å². The van der Waals surface area contributed by atoms with Crippen LogP contribution < -0.4 is 0 Å². The first-order valence-corrected chi connectivity index (χ1v) is 7.45. The van der Waals surface area contributed by atoms with Crippen LogP contribution in [0, 0.1) is 0 Å². The van der Waals surface area contributed by atoms with Gasteiger partial charge in [-0.1, -0.05) is 13.0 Å². The molecule has 3 heterocycles. The summed E-state index contributed by atoms with van der Waals surface area (Å²) in [5, 5.41) is 14.4. The van der Waals surface area contributed by atoms with Crippen molar-refractivity contribution in [2.24, 2.45) is 0 Å². The third-order valence-electron chi connectivity index (χ3n) is 2.66. The molecule has 0 saturated heterocycles. The average Bonchev–Trinajstić information content (AvgIpc) is 3.08. The third kappa shape index (κ3) is 2.76. The van der Waals surface area contributed by atoms with E-state index >= 15 is 0 Å². The number of hydrogen-bond donors (Lipinski definition) is 0. The average molecular weight is 339 g/mol. The van der Waals surface area contributed by atoms with Gasteiger partial charge >= 0.3 is 0 Å². The van der Waals surface area contributed by atoms with Gasteiger partial charge in [-0.3, -0.25) is 4.68 Å². The Hall–Kier alpha value is -1.47. The molecule has 19 heavy (non-hydrogen) atoms. The summed E-state index contributed by atoms with van der Waals surface area (Å²) < 4.78 is 8.52. The molecule has 98 valence electrons. The van der Waals surface area contributed by atoms with E-state index in [-0.39, 0.29) is 5.92 Å². The first-order chi connectivity index (χ1) is 9.22. The highest BCUT2D eigenvalue weighted by Gasteiger charge is 2.16. The van der Waals surface area contributed by atoms with Crippen LogP contribution in [-0.4, -0.2) is 20.0 Å². The summed E-state index contributed by atoms with van der Waals surface area (Å²) in [4.78, 5) is 0.993. The molecule has 0 spiro atoms. The van der Waals surface area contributed by atoms with E-state index in [2.05, 4.69) is 31.2 Å². The lowest BCUT2D eigenvalue weighted by Crippen LogP contribution is -2.06. The van der Waals surface area contributed by atoms with Gasteiger partial charge < -0.3 is 4.42 Å². The molecule has 0 N–H and O–H groups in total. The number of rotatable bonds is 4. The fourth-order valence-corrected chi connectivity index (χ4v) is 2.70. The number of halogens is 1. The summed E-state index contributed by atoms with van der Waals surface area (Å²) in [6, 6.07) is 3.94.